The van der Waals surface area contributed by atoms with Crippen molar-refractivity contribution < 1.29 is 27.9 Å². The lowest BCUT2D eigenvalue weighted by Crippen LogP contribution is -2.49. The molecule has 3 rings (SSSR count). The van der Waals surface area contributed by atoms with Crippen LogP contribution in [-0.4, -0.2) is 89.7 Å². The predicted octanol–water partition coefficient (Wildman–Crippen LogP) is 1.42. The molecule has 1 aromatic heterocycles. The van der Waals surface area contributed by atoms with Crippen molar-refractivity contribution in [1.82, 2.24) is 24.7 Å². The van der Waals surface area contributed by atoms with Gasteiger partial charge in [0.1, 0.15) is 11.9 Å². The summed E-state index contributed by atoms with van der Waals surface area (Å²) >= 11 is 0. The molecular weight excluding hydrogens is 512 g/mol. The molecule has 13 heteroatoms. The van der Waals surface area contributed by atoms with Crippen molar-refractivity contribution in [3.63, 3.8) is 0 Å². The molecule has 0 unspecified atom stereocenters. The van der Waals surface area contributed by atoms with E-state index in [1.165, 1.54) is 22.0 Å². The first-order valence-electron chi connectivity index (χ1n) is 12.5. The lowest BCUT2D eigenvalue weighted by Gasteiger charge is -2.34. The minimum atomic E-state index is -3.94. The van der Waals surface area contributed by atoms with Crippen LogP contribution in [0.25, 0.3) is 0 Å². The zero-order chi connectivity index (χ0) is 28.2. The van der Waals surface area contributed by atoms with Crippen LogP contribution in [0.3, 0.4) is 0 Å². The summed E-state index contributed by atoms with van der Waals surface area (Å²) in [6, 6.07) is 4.05. The van der Waals surface area contributed by atoms with Crippen molar-refractivity contribution >= 4 is 27.6 Å². The Morgan fingerprint density at radius 2 is 2.03 bits per heavy atom. The van der Waals surface area contributed by atoms with Crippen LogP contribution in [0.15, 0.2) is 35.7 Å². The summed E-state index contributed by atoms with van der Waals surface area (Å²) in [6.45, 7) is 7.81. The largest absolute Gasteiger partial charge is 0.488 e. The predicted molar refractivity (Wildman–Crippen MR) is 142 cm³/mol. The Morgan fingerprint density at radius 1 is 1.32 bits per heavy atom. The standard InChI is InChI=1S/C25H38N6O6S/c1-16(2)27-25(34)30(6)12-22-17(3)11-31(18(4)14-32)24(33)10-19-9-20(7-8-21(19)37-22)28-38(35,36)23-13-29(5)15-26-23/h7-9,13,15-18,22,28,32H,10-12,14H2,1-6H3,(H,27,34)/t17-,18+,22-/m1/s1. The number of nitrogens with one attached hydrogen (secondary N) is 2. The number of fused-ring (bicyclic) bond motifs is 1. The molecule has 0 aliphatic carbocycles. The Labute approximate surface area is 224 Å². The van der Waals surface area contributed by atoms with E-state index in [2.05, 4.69) is 15.0 Å². The average molecular weight is 551 g/mol. The van der Waals surface area contributed by atoms with Gasteiger partial charge in [0.15, 0.2) is 5.03 Å². The number of urea groups is 1. The van der Waals surface area contributed by atoms with Gasteiger partial charge in [-0.2, -0.15) is 8.42 Å². The molecule has 1 aliphatic heterocycles. The molecule has 38 heavy (non-hydrogen) atoms. The Balaban J connectivity index is 1.95. The van der Waals surface area contributed by atoms with Crippen LogP contribution in [0.2, 0.25) is 0 Å². The number of rotatable bonds is 8. The van der Waals surface area contributed by atoms with Crippen LogP contribution in [0, 0.1) is 5.92 Å². The number of sulfonamides is 1. The molecule has 3 N–H and O–H groups in total. The Bertz CT molecular complexity index is 1250. The number of aliphatic hydroxyl groups excluding tert-OH is 1. The number of benzene rings is 1. The minimum Gasteiger partial charge on any atom is -0.488 e. The Morgan fingerprint density at radius 3 is 2.63 bits per heavy atom. The molecule has 210 valence electrons. The number of aromatic nitrogens is 2. The summed E-state index contributed by atoms with van der Waals surface area (Å²) in [5.74, 6) is 0.0160. The number of hydrogen-bond donors (Lipinski definition) is 3. The zero-order valence-corrected chi connectivity index (χ0v) is 23.5. The molecule has 0 spiro atoms. The summed E-state index contributed by atoms with van der Waals surface area (Å²) in [5, 5.41) is 12.5. The first-order chi connectivity index (χ1) is 17.8. The fraction of sp³-hybridized carbons (Fsp3) is 0.560. The fourth-order valence-electron chi connectivity index (χ4n) is 4.16. The number of ether oxygens (including phenoxy) is 1. The lowest BCUT2D eigenvalue weighted by atomic mass is 10.0. The first kappa shape index (κ1) is 29.2. The van der Waals surface area contributed by atoms with E-state index in [0.29, 0.717) is 17.9 Å². The van der Waals surface area contributed by atoms with Crippen molar-refractivity contribution in [2.24, 2.45) is 13.0 Å². The highest BCUT2D eigenvalue weighted by atomic mass is 32.2. The zero-order valence-electron chi connectivity index (χ0n) is 22.7. The van der Waals surface area contributed by atoms with Crippen molar-refractivity contribution in [1.29, 1.82) is 0 Å². The second-order valence-electron chi connectivity index (χ2n) is 10.2. The SMILES string of the molecule is CC(C)NC(=O)N(C)C[C@H]1Oc2ccc(NS(=O)(=O)c3cn(C)cn3)cc2CC(=O)N([C@@H](C)CO)C[C@H]1C. The molecule has 1 aliphatic rings. The third-order valence-electron chi connectivity index (χ3n) is 6.34. The maximum Gasteiger partial charge on any atom is 0.317 e. The fourth-order valence-corrected chi connectivity index (χ4v) is 5.19. The van der Waals surface area contributed by atoms with Crippen LogP contribution >= 0.6 is 0 Å². The Kier molecular flexibility index (Phi) is 9.26. The first-order valence-corrected chi connectivity index (χ1v) is 14.0. The summed E-state index contributed by atoms with van der Waals surface area (Å²) in [4.78, 5) is 32.9. The van der Waals surface area contributed by atoms with Gasteiger partial charge in [-0.05, 0) is 39.0 Å². The second-order valence-corrected chi connectivity index (χ2v) is 11.8. The maximum absolute atomic E-state index is 13.3. The number of imidazole rings is 1. The number of nitrogens with zero attached hydrogens (tertiary/aromatic N) is 4. The summed E-state index contributed by atoms with van der Waals surface area (Å²) in [7, 11) is -0.594. The van der Waals surface area contributed by atoms with E-state index in [9.17, 15) is 23.1 Å². The number of aryl methyl sites for hydroxylation is 1. The van der Waals surface area contributed by atoms with Gasteiger partial charge in [-0.3, -0.25) is 9.52 Å². The van der Waals surface area contributed by atoms with E-state index >= 15 is 0 Å². The van der Waals surface area contributed by atoms with Gasteiger partial charge in [-0.25, -0.2) is 9.78 Å². The molecular formula is C25H38N6O6S. The van der Waals surface area contributed by atoms with Gasteiger partial charge in [0, 0.05) is 50.0 Å². The van der Waals surface area contributed by atoms with Crippen LogP contribution in [0.5, 0.6) is 5.75 Å². The molecule has 0 bridgehead atoms. The smallest absolute Gasteiger partial charge is 0.317 e. The number of hydrogen-bond acceptors (Lipinski definition) is 7. The normalized spacial score (nSPS) is 19.1. The van der Waals surface area contributed by atoms with Crippen molar-refractivity contribution in [3.05, 3.63) is 36.3 Å². The molecule has 12 nitrogen and oxygen atoms in total. The molecule has 2 heterocycles. The van der Waals surface area contributed by atoms with Gasteiger partial charge in [0.25, 0.3) is 10.0 Å². The van der Waals surface area contributed by atoms with E-state index in [-0.39, 0.29) is 54.2 Å². The van der Waals surface area contributed by atoms with Gasteiger partial charge in [0.2, 0.25) is 5.91 Å². The summed E-state index contributed by atoms with van der Waals surface area (Å²) < 4.78 is 36.0. The molecule has 2 aromatic rings. The van der Waals surface area contributed by atoms with Crippen LogP contribution < -0.4 is 14.8 Å². The molecule has 0 fully saturated rings. The number of amides is 3. The van der Waals surface area contributed by atoms with Gasteiger partial charge in [-0.15, -0.1) is 0 Å². The molecule has 1 aromatic carbocycles. The lowest BCUT2D eigenvalue weighted by molar-refractivity contribution is -0.134. The maximum atomic E-state index is 13.3. The van der Waals surface area contributed by atoms with Crippen LogP contribution in [-0.2, 0) is 28.3 Å². The molecule has 0 radical (unpaired) electrons. The third-order valence-corrected chi connectivity index (χ3v) is 7.60. The number of likely N-dealkylation sites (N-methyl/N-ethyl adjacent to an activating group) is 1. The summed E-state index contributed by atoms with van der Waals surface area (Å²) in [6.07, 6.45) is 2.25. The highest BCUT2D eigenvalue weighted by molar-refractivity contribution is 7.92. The molecule has 3 amide bonds. The van der Waals surface area contributed by atoms with E-state index < -0.39 is 22.2 Å². The van der Waals surface area contributed by atoms with Crippen molar-refractivity contribution in [2.75, 3.05) is 31.5 Å². The van der Waals surface area contributed by atoms with Gasteiger partial charge in [-0.1, -0.05) is 6.92 Å². The van der Waals surface area contributed by atoms with E-state index in [1.807, 2.05) is 20.8 Å². The van der Waals surface area contributed by atoms with E-state index in [1.54, 1.807) is 44.1 Å². The van der Waals surface area contributed by atoms with Gasteiger partial charge >= 0.3 is 6.03 Å². The monoisotopic (exact) mass is 550 g/mol. The number of carbonyl (C=O) groups is 2. The second kappa shape index (κ2) is 12.0. The van der Waals surface area contributed by atoms with Gasteiger partial charge < -0.3 is 29.5 Å². The van der Waals surface area contributed by atoms with Crippen molar-refractivity contribution in [3.8, 4) is 5.75 Å². The molecule has 0 saturated heterocycles. The number of anilines is 1. The summed E-state index contributed by atoms with van der Waals surface area (Å²) in [5.41, 5.74) is 0.740. The molecule has 0 saturated carbocycles. The number of carbonyl (C=O) groups excluding carboxylic acids is 2. The third kappa shape index (κ3) is 7.16. The van der Waals surface area contributed by atoms with Crippen LogP contribution in [0.1, 0.15) is 33.3 Å². The van der Waals surface area contributed by atoms with E-state index in [0.717, 1.165) is 0 Å². The molecule has 3 atom stereocenters. The van der Waals surface area contributed by atoms with Gasteiger partial charge in [0.05, 0.1) is 31.9 Å². The van der Waals surface area contributed by atoms with E-state index in [4.69, 9.17) is 4.74 Å². The Hall–Kier alpha value is -3.32. The highest BCUT2D eigenvalue weighted by Gasteiger charge is 2.32. The highest BCUT2D eigenvalue weighted by Crippen LogP contribution is 2.30. The van der Waals surface area contributed by atoms with Crippen LogP contribution in [0.4, 0.5) is 10.5 Å². The number of aliphatic hydroxyl groups is 1. The minimum absolute atomic E-state index is 0.0312. The average Bonchev–Trinajstić information content (AvgIpc) is 3.30. The van der Waals surface area contributed by atoms with Crippen molar-refractivity contribution in [2.45, 2.75) is 57.3 Å². The quantitative estimate of drug-likeness (QED) is 0.451. The topological polar surface area (TPSA) is 146 Å².